The Hall–Kier alpha value is -3.49. The molecule has 0 saturated carbocycles. The number of pyridine rings is 2. The molecule has 0 spiro atoms. The number of benzene rings is 1. The number of hydrazine groups is 1. The molecule has 0 atom stereocenters. The first-order valence-electron chi connectivity index (χ1n) is 9.27. The number of halogens is 2. The lowest BCUT2D eigenvalue weighted by atomic mass is 10.1. The normalized spacial score (nSPS) is 13.4. The van der Waals surface area contributed by atoms with Crippen molar-refractivity contribution in [2.24, 2.45) is 0 Å². The van der Waals surface area contributed by atoms with Crippen LogP contribution >= 0.6 is 0 Å². The van der Waals surface area contributed by atoms with Crippen LogP contribution in [-0.4, -0.2) is 63.2 Å². The van der Waals surface area contributed by atoms with E-state index in [2.05, 4.69) is 10.4 Å². The number of carbonyl (C=O) groups excluding carboxylic acids is 1. The van der Waals surface area contributed by atoms with Crippen molar-refractivity contribution in [3.05, 3.63) is 79.9 Å². The number of aromatic nitrogens is 2. The van der Waals surface area contributed by atoms with Crippen molar-refractivity contribution in [2.75, 3.05) is 26.3 Å². The lowest BCUT2D eigenvalue weighted by Gasteiger charge is -2.27. The van der Waals surface area contributed by atoms with E-state index in [0.717, 1.165) is 12.1 Å². The van der Waals surface area contributed by atoms with Gasteiger partial charge in [0.1, 0.15) is 22.7 Å². The average Bonchev–Trinajstić information content (AvgIpc) is 2.73. The van der Waals surface area contributed by atoms with E-state index in [1.807, 2.05) is 0 Å². The minimum Gasteiger partial charge on any atom is -0.412 e. The average molecular weight is 470 g/mol. The van der Waals surface area contributed by atoms with Gasteiger partial charge in [0.25, 0.3) is 5.91 Å². The molecular weight excluding hydrogens is 446 g/mol. The predicted molar refractivity (Wildman–Crippen MR) is 115 cm³/mol. The molecule has 1 aliphatic heterocycles. The number of fused-ring (bicyclic) bond motifs is 1. The molecular formula is C20H24F2N4O7. The van der Waals surface area contributed by atoms with Crippen LogP contribution in [0.25, 0.3) is 11.0 Å². The van der Waals surface area contributed by atoms with Crippen LogP contribution in [0.2, 0.25) is 0 Å². The lowest BCUT2D eigenvalue weighted by molar-refractivity contribution is 0.0125. The molecule has 2 aromatic heterocycles. The minimum absolute atomic E-state index is 0. The van der Waals surface area contributed by atoms with Crippen molar-refractivity contribution in [3.8, 4) is 0 Å². The number of hydrogen-bond acceptors (Lipinski definition) is 5. The molecule has 180 valence electrons. The van der Waals surface area contributed by atoms with E-state index in [1.165, 1.54) is 29.0 Å². The van der Waals surface area contributed by atoms with Gasteiger partial charge in [-0.05, 0) is 18.2 Å². The van der Waals surface area contributed by atoms with Crippen molar-refractivity contribution in [3.63, 3.8) is 0 Å². The van der Waals surface area contributed by atoms with E-state index in [0.29, 0.717) is 26.3 Å². The highest BCUT2D eigenvalue weighted by molar-refractivity contribution is 5.96. The summed E-state index contributed by atoms with van der Waals surface area (Å²) in [5, 5.41) is 1.62. The number of nitrogens with zero attached hydrogens (tertiary/aromatic N) is 2. The Bertz CT molecular complexity index is 1220. The number of amides is 1. The molecule has 1 saturated heterocycles. The maximum Gasteiger partial charge on any atom is 0.271 e. The zero-order valence-electron chi connectivity index (χ0n) is 17.3. The van der Waals surface area contributed by atoms with Gasteiger partial charge in [-0.15, -0.1) is 0 Å². The highest BCUT2D eigenvalue weighted by Gasteiger charge is 2.20. The molecule has 1 aliphatic rings. The quantitative estimate of drug-likeness (QED) is 0.469. The zero-order chi connectivity index (χ0) is 21.3. The van der Waals surface area contributed by atoms with Gasteiger partial charge in [-0.1, -0.05) is 6.07 Å². The summed E-state index contributed by atoms with van der Waals surface area (Å²) in [7, 11) is 0. The second kappa shape index (κ2) is 11.4. The van der Waals surface area contributed by atoms with Gasteiger partial charge in [0.05, 0.1) is 25.3 Å². The fourth-order valence-corrected chi connectivity index (χ4v) is 3.32. The number of carbonyl (C=O) groups is 1. The van der Waals surface area contributed by atoms with Crippen molar-refractivity contribution < 1.29 is 34.7 Å². The van der Waals surface area contributed by atoms with Gasteiger partial charge < -0.3 is 30.7 Å². The summed E-state index contributed by atoms with van der Waals surface area (Å²) < 4.78 is 34.9. The molecule has 1 aromatic carbocycles. The molecule has 0 unspecified atom stereocenters. The van der Waals surface area contributed by atoms with Gasteiger partial charge in [-0.25, -0.2) is 13.8 Å². The van der Waals surface area contributed by atoms with Gasteiger partial charge >= 0.3 is 0 Å². The van der Waals surface area contributed by atoms with Gasteiger partial charge in [0.2, 0.25) is 11.0 Å². The third-order valence-corrected chi connectivity index (χ3v) is 4.87. The van der Waals surface area contributed by atoms with Crippen LogP contribution in [0, 0.1) is 11.6 Å². The largest absolute Gasteiger partial charge is 0.412 e. The fourth-order valence-electron chi connectivity index (χ4n) is 3.32. The first-order valence-corrected chi connectivity index (χ1v) is 9.27. The molecule has 1 amide bonds. The van der Waals surface area contributed by atoms with Gasteiger partial charge in [0, 0.05) is 30.9 Å². The van der Waals surface area contributed by atoms with Crippen molar-refractivity contribution >= 4 is 16.9 Å². The maximum atomic E-state index is 14.2. The topological polar surface area (TPSA) is 191 Å². The van der Waals surface area contributed by atoms with Gasteiger partial charge in [-0.3, -0.25) is 19.8 Å². The number of nitrogens with one attached hydrogen (secondary N) is 2. The molecule has 0 bridgehead atoms. The molecule has 0 radical (unpaired) electrons. The molecule has 33 heavy (non-hydrogen) atoms. The van der Waals surface area contributed by atoms with Crippen LogP contribution in [-0.2, 0) is 11.3 Å². The molecule has 8 N–H and O–H groups in total. The predicted octanol–water partition coefficient (Wildman–Crippen LogP) is -1.48. The highest BCUT2D eigenvalue weighted by Crippen LogP contribution is 2.17. The summed E-state index contributed by atoms with van der Waals surface area (Å²) in [6, 6.07) is 6.06. The summed E-state index contributed by atoms with van der Waals surface area (Å²) >= 11 is 0. The fraction of sp³-hybridized carbons (Fsp3) is 0.250. The number of H-pyrrole nitrogens is 1. The van der Waals surface area contributed by atoms with Crippen LogP contribution in [0.3, 0.4) is 0 Å². The Labute approximate surface area is 185 Å². The molecule has 13 heteroatoms. The third kappa shape index (κ3) is 5.66. The molecule has 3 heterocycles. The van der Waals surface area contributed by atoms with Crippen LogP contribution < -0.4 is 16.4 Å². The van der Waals surface area contributed by atoms with E-state index in [1.54, 1.807) is 5.01 Å². The van der Waals surface area contributed by atoms with Crippen molar-refractivity contribution in [1.29, 1.82) is 0 Å². The number of morpholine rings is 1. The van der Waals surface area contributed by atoms with E-state index in [-0.39, 0.29) is 45.1 Å². The van der Waals surface area contributed by atoms with Gasteiger partial charge in [0.15, 0.2) is 0 Å². The summed E-state index contributed by atoms with van der Waals surface area (Å²) in [5.74, 6) is -2.20. The van der Waals surface area contributed by atoms with Crippen LogP contribution in [0.4, 0.5) is 8.78 Å². The highest BCUT2D eigenvalue weighted by atomic mass is 19.1. The molecule has 3 aromatic rings. The number of rotatable bonds is 4. The molecule has 4 rings (SSSR count). The van der Waals surface area contributed by atoms with Crippen LogP contribution in [0.15, 0.2) is 46.1 Å². The Morgan fingerprint density at radius 3 is 2.30 bits per heavy atom. The van der Waals surface area contributed by atoms with Crippen molar-refractivity contribution in [2.45, 2.75) is 6.54 Å². The summed E-state index contributed by atoms with van der Waals surface area (Å²) in [6.45, 7) is 1.49. The Morgan fingerprint density at radius 1 is 1.03 bits per heavy atom. The Balaban J connectivity index is 0.00000181. The van der Waals surface area contributed by atoms with Crippen LogP contribution in [0.5, 0.6) is 0 Å². The molecule has 1 fully saturated rings. The van der Waals surface area contributed by atoms with Crippen molar-refractivity contribution in [1.82, 2.24) is 20.0 Å². The smallest absolute Gasteiger partial charge is 0.271 e. The van der Waals surface area contributed by atoms with Crippen LogP contribution in [0.1, 0.15) is 15.9 Å². The summed E-state index contributed by atoms with van der Waals surface area (Å²) in [5.41, 5.74) is 1.05. The third-order valence-electron chi connectivity index (χ3n) is 4.87. The molecule has 0 aliphatic carbocycles. The second-order valence-corrected chi connectivity index (χ2v) is 6.82. The first-order chi connectivity index (χ1) is 14.4. The SMILES string of the molecule is O.O.O.O=C(NN1CCOCC1)c1cn(Cc2c(F)cccc2F)c2ccc(=O)[nH]c2c1=O. The Morgan fingerprint density at radius 2 is 1.67 bits per heavy atom. The minimum atomic E-state index is -0.759. The molecule has 11 nitrogen and oxygen atoms in total. The summed E-state index contributed by atoms with van der Waals surface area (Å²) in [4.78, 5) is 39.8. The monoisotopic (exact) mass is 470 g/mol. The first kappa shape index (κ1) is 27.5. The van der Waals surface area contributed by atoms with Gasteiger partial charge in [-0.2, -0.15) is 0 Å². The maximum absolute atomic E-state index is 14.2. The second-order valence-electron chi connectivity index (χ2n) is 6.82. The Kier molecular flexibility index (Phi) is 9.51. The van der Waals surface area contributed by atoms with E-state index in [9.17, 15) is 23.2 Å². The van der Waals surface area contributed by atoms with E-state index < -0.39 is 28.5 Å². The number of ether oxygens (including phenoxy) is 1. The summed E-state index contributed by atoms with van der Waals surface area (Å²) in [6.07, 6.45) is 1.24. The number of hydrogen-bond donors (Lipinski definition) is 2. The van der Waals surface area contributed by atoms with E-state index >= 15 is 0 Å². The standard InChI is InChI=1S/C20H18F2N4O4.3H2O/c21-14-2-1-3-15(22)12(14)10-25-11-13(20(29)24-26-6-8-30-9-7-26)19(28)18-16(25)4-5-17(27)23-18;;;/h1-5,11H,6-10H2,(H,23,27)(H,24,29);3*1H2. The van der Waals surface area contributed by atoms with E-state index in [4.69, 9.17) is 4.74 Å². The lowest BCUT2D eigenvalue weighted by Crippen LogP contribution is -2.49. The number of aromatic amines is 1. The zero-order valence-corrected chi connectivity index (χ0v) is 17.3.